The fourth-order valence-corrected chi connectivity index (χ4v) is 1.17. The highest BCUT2D eigenvalue weighted by molar-refractivity contribution is 5.55. The monoisotopic (exact) mass is 161 g/mol. The van der Waals surface area contributed by atoms with Crippen LogP contribution in [0.3, 0.4) is 0 Å². The Morgan fingerprint density at radius 3 is 2.58 bits per heavy atom. The number of nitrogens with two attached hydrogens (primary N) is 1. The van der Waals surface area contributed by atoms with E-state index in [2.05, 4.69) is 32.1 Å². The summed E-state index contributed by atoms with van der Waals surface area (Å²) >= 11 is 0. The molecular weight excluding hydrogens is 146 g/mol. The van der Waals surface area contributed by atoms with E-state index in [4.69, 9.17) is 5.73 Å². The molecule has 2 N–H and O–H groups in total. The Morgan fingerprint density at radius 1 is 1.33 bits per heavy atom. The number of rotatable bonds is 2. The van der Waals surface area contributed by atoms with Gasteiger partial charge < -0.3 is 5.73 Å². The summed E-state index contributed by atoms with van der Waals surface area (Å²) in [5.74, 6) is 0. The molecule has 0 atom stereocenters. The maximum Gasteiger partial charge on any atom is 0.0184 e. The van der Waals surface area contributed by atoms with Crippen LogP contribution in [-0.2, 0) is 6.54 Å². The smallest absolute Gasteiger partial charge is 0.0184 e. The molecule has 0 bridgehead atoms. The zero-order chi connectivity index (χ0) is 8.97. The molecule has 1 nitrogen and oxygen atoms in total. The summed E-state index contributed by atoms with van der Waals surface area (Å²) in [6.45, 7) is 4.79. The van der Waals surface area contributed by atoms with E-state index in [1.54, 1.807) is 0 Å². The summed E-state index contributed by atoms with van der Waals surface area (Å²) in [6, 6.07) is 8.21. The maximum atomic E-state index is 5.60. The van der Waals surface area contributed by atoms with Gasteiger partial charge in [0.25, 0.3) is 0 Å². The third-order valence-corrected chi connectivity index (χ3v) is 1.72. The largest absolute Gasteiger partial charge is 0.326 e. The van der Waals surface area contributed by atoms with Gasteiger partial charge in [-0.15, -0.1) is 0 Å². The number of hydrogen-bond donors (Lipinski definition) is 1. The zero-order valence-corrected chi connectivity index (χ0v) is 7.67. The van der Waals surface area contributed by atoms with Gasteiger partial charge in [0.15, 0.2) is 0 Å². The van der Waals surface area contributed by atoms with Gasteiger partial charge in [0.2, 0.25) is 0 Å². The Labute approximate surface area is 73.9 Å². The Kier molecular flexibility index (Phi) is 3.06. The average Bonchev–Trinajstić information content (AvgIpc) is 2.04. The normalized spacial score (nSPS) is 9.58. The molecular formula is C11H15N. The van der Waals surface area contributed by atoms with Gasteiger partial charge in [-0.25, -0.2) is 0 Å². The molecule has 64 valence electrons. The van der Waals surface area contributed by atoms with E-state index in [0.29, 0.717) is 6.54 Å². The molecule has 0 radical (unpaired) electrons. The minimum absolute atomic E-state index is 0.611. The molecule has 0 saturated carbocycles. The molecule has 0 unspecified atom stereocenters. The van der Waals surface area contributed by atoms with E-state index in [9.17, 15) is 0 Å². The minimum Gasteiger partial charge on any atom is -0.326 e. The number of hydrogen-bond acceptors (Lipinski definition) is 1. The van der Waals surface area contributed by atoms with Crippen molar-refractivity contribution in [3.63, 3.8) is 0 Å². The standard InChI is InChI=1S/C11H15N/c1-9(2)7-10-5-3-4-6-11(10)8-12/h3-7H,8,12H2,1-2H3. The zero-order valence-electron chi connectivity index (χ0n) is 7.67. The average molecular weight is 161 g/mol. The topological polar surface area (TPSA) is 26.0 Å². The Balaban J connectivity index is 3.05. The molecule has 0 aliphatic heterocycles. The lowest BCUT2D eigenvalue weighted by molar-refractivity contribution is 1.07. The molecule has 1 aromatic rings. The lowest BCUT2D eigenvalue weighted by Gasteiger charge is -2.02. The fraction of sp³-hybridized carbons (Fsp3) is 0.273. The van der Waals surface area contributed by atoms with Gasteiger partial charge in [0.1, 0.15) is 0 Å². The van der Waals surface area contributed by atoms with Crippen molar-refractivity contribution in [1.29, 1.82) is 0 Å². The van der Waals surface area contributed by atoms with Crippen molar-refractivity contribution in [2.75, 3.05) is 0 Å². The molecule has 0 aliphatic carbocycles. The number of allylic oxidation sites excluding steroid dienone is 1. The molecule has 1 heteroatoms. The molecule has 0 aromatic heterocycles. The molecule has 0 fully saturated rings. The Hall–Kier alpha value is -1.08. The van der Waals surface area contributed by atoms with Crippen LogP contribution in [0.15, 0.2) is 29.8 Å². The molecule has 1 aromatic carbocycles. The van der Waals surface area contributed by atoms with Gasteiger partial charge in [-0.05, 0) is 25.0 Å². The van der Waals surface area contributed by atoms with E-state index in [1.165, 1.54) is 16.7 Å². The van der Waals surface area contributed by atoms with E-state index in [0.717, 1.165) is 0 Å². The first-order chi connectivity index (χ1) is 5.74. The van der Waals surface area contributed by atoms with Crippen molar-refractivity contribution in [2.24, 2.45) is 5.73 Å². The minimum atomic E-state index is 0.611. The summed E-state index contributed by atoms with van der Waals surface area (Å²) in [7, 11) is 0. The highest BCUT2D eigenvalue weighted by Crippen LogP contribution is 2.11. The van der Waals surface area contributed by atoms with E-state index < -0.39 is 0 Å². The lowest BCUT2D eigenvalue weighted by Crippen LogP contribution is -1.98. The molecule has 0 saturated heterocycles. The van der Waals surface area contributed by atoms with Crippen molar-refractivity contribution in [2.45, 2.75) is 20.4 Å². The lowest BCUT2D eigenvalue weighted by atomic mass is 10.1. The summed E-state index contributed by atoms with van der Waals surface area (Å²) < 4.78 is 0. The van der Waals surface area contributed by atoms with Crippen LogP contribution in [0.4, 0.5) is 0 Å². The molecule has 0 spiro atoms. The second-order valence-corrected chi connectivity index (χ2v) is 3.12. The summed E-state index contributed by atoms with van der Waals surface area (Å²) in [4.78, 5) is 0. The second kappa shape index (κ2) is 4.07. The van der Waals surface area contributed by atoms with Crippen LogP contribution in [0.1, 0.15) is 25.0 Å². The first kappa shape index (κ1) is 9.01. The van der Waals surface area contributed by atoms with Crippen molar-refractivity contribution >= 4 is 6.08 Å². The van der Waals surface area contributed by atoms with Gasteiger partial charge in [-0.1, -0.05) is 35.9 Å². The van der Waals surface area contributed by atoms with Gasteiger partial charge in [0.05, 0.1) is 0 Å². The summed E-state index contributed by atoms with van der Waals surface area (Å²) in [5, 5.41) is 0. The predicted molar refractivity (Wildman–Crippen MR) is 53.7 cm³/mol. The highest BCUT2D eigenvalue weighted by Gasteiger charge is 1.94. The van der Waals surface area contributed by atoms with Gasteiger partial charge in [-0.3, -0.25) is 0 Å². The van der Waals surface area contributed by atoms with Crippen molar-refractivity contribution in [3.8, 4) is 0 Å². The van der Waals surface area contributed by atoms with E-state index in [-0.39, 0.29) is 0 Å². The third kappa shape index (κ3) is 2.21. The van der Waals surface area contributed by atoms with Crippen molar-refractivity contribution in [1.82, 2.24) is 0 Å². The first-order valence-corrected chi connectivity index (χ1v) is 4.17. The second-order valence-electron chi connectivity index (χ2n) is 3.12. The Morgan fingerprint density at radius 2 is 2.00 bits per heavy atom. The Bertz CT molecular complexity index is 283. The number of benzene rings is 1. The van der Waals surface area contributed by atoms with Crippen LogP contribution in [0, 0.1) is 0 Å². The summed E-state index contributed by atoms with van der Waals surface area (Å²) in [5.41, 5.74) is 9.34. The molecule has 0 amide bonds. The van der Waals surface area contributed by atoms with Crippen molar-refractivity contribution in [3.05, 3.63) is 41.0 Å². The van der Waals surface area contributed by atoms with Gasteiger partial charge >= 0.3 is 0 Å². The van der Waals surface area contributed by atoms with Crippen LogP contribution >= 0.6 is 0 Å². The van der Waals surface area contributed by atoms with Crippen LogP contribution in [-0.4, -0.2) is 0 Å². The molecule has 1 rings (SSSR count). The first-order valence-electron chi connectivity index (χ1n) is 4.17. The fourth-order valence-electron chi connectivity index (χ4n) is 1.17. The van der Waals surface area contributed by atoms with E-state index in [1.807, 2.05) is 12.1 Å². The SMILES string of the molecule is CC(C)=Cc1ccccc1CN. The summed E-state index contributed by atoms with van der Waals surface area (Å²) in [6.07, 6.45) is 2.15. The highest BCUT2D eigenvalue weighted by atomic mass is 14.5. The van der Waals surface area contributed by atoms with Crippen LogP contribution in [0.2, 0.25) is 0 Å². The molecule has 12 heavy (non-hydrogen) atoms. The van der Waals surface area contributed by atoms with Crippen molar-refractivity contribution < 1.29 is 0 Å². The maximum absolute atomic E-state index is 5.60. The van der Waals surface area contributed by atoms with Gasteiger partial charge in [0, 0.05) is 6.54 Å². The van der Waals surface area contributed by atoms with Crippen LogP contribution in [0.5, 0.6) is 0 Å². The predicted octanol–water partition coefficient (Wildman–Crippen LogP) is 2.57. The molecule has 0 heterocycles. The van der Waals surface area contributed by atoms with Crippen LogP contribution < -0.4 is 5.73 Å². The van der Waals surface area contributed by atoms with E-state index >= 15 is 0 Å². The third-order valence-electron chi connectivity index (χ3n) is 1.72. The van der Waals surface area contributed by atoms with Gasteiger partial charge in [-0.2, -0.15) is 0 Å². The van der Waals surface area contributed by atoms with Crippen LogP contribution in [0.25, 0.3) is 6.08 Å². The quantitative estimate of drug-likeness (QED) is 0.708. The molecule has 0 aliphatic rings.